The molecule has 4 rings (SSSR count). The lowest BCUT2D eigenvalue weighted by Crippen LogP contribution is -2.38. The average molecular weight is 466 g/mol. The van der Waals surface area contributed by atoms with Crippen LogP contribution in [-0.2, 0) is 14.8 Å². The van der Waals surface area contributed by atoms with Crippen molar-refractivity contribution in [2.45, 2.75) is 17.7 Å². The van der Waals surface area contributed by atoms with Crippen molar-refractivity contribution < 1.29 is 17.9 Å². The smallest absolute Gasteiger partial charge is 0.264 e. The van der Waals surface area contributed by atoms with Crippen molar-refractivity contribution in [2.75, 3.05) is 41.3 Å². The summed E-state index contributed by atoms with van der Waals surface area (Å²) in [6.07, 6.45) is 2.38. The lowest BCUT2D eigenvalue weighted by molar-refractivity contribution is -0.114. The largest absolute Gasteiger partial charge is 0.497 e. The molecule has 1 heterocycles. The Labute approximate surface area is 194 Å². The third-order valence-electron chi connectivity index (χ3n) is 5.60. The van der Waals surface area contributed by atoms with Gasteiger partial charge < -0.3 is 15.0 Å². The number of sulfonamides is 1. The third-order valence-corrected chi connectivity index (χ3v) is 7.39. The van der Waals surface area contributed by atoms with Crippen molar-refractivity contribution >= 4 is 33.0 Å². The molecule has 3 aromatic rings. The monoisotopic (exact) mass is 465 g/mol. The van der Waals surface area contributed by atoms with E-state index in [0.717, 1.165) is 23.1 Å². The van der Waals surface area contributed by atoms with Crippen molar-refractivity contribution in [3.63, 3.8) is 0 Å². The SMILES string of the molecule is COc1ccc(N(CC(=O)Nc2ccc(N3CCCC3)cc2)S(=O)(=O)c2ccccc2)cc1. The minimum absolute atomic E-state index is 0.114. The topological polar surface area (TPSA) is 79.0 Å². The lowest BCUT2D eigenvalue weighted by Gasteiger charge is -2.24. The van der Waals surface area contributed by atoms with E-state index < -0.39 is 15.9 Å². The number of methoxy groups -OCH3 is 1. The van der Waals surface area contributed by atoms with Gasteiger partial charge in [-0.1, -0.05) is 18.2 Å². The first-order valence-corrected chi connectivity index (χ1v) is 12.3. The number of rotatable bonds is 8. The van der Waals surface area contributed by atoms with Crippen LogP contribution in [0.25, 0.3) is 0 Å². The van der Waals surface area contributed by atoms with Crippen LogP contribution < -0.4 is 19.3 Å². The maximum absolute atomic E-state index is 13.4. The summed E-state index contributed by atoms with van der Waals surface area (Å²) >= 11 is 0. The molecular weight excluding hydrogens is 438 g/mol. The van der Waals surface area contributed by atoms with E-state index in [9.17, 15) is 13.2 Å². The molecule has 0 radical (unpaired) electrons. The summed E-state index contributed by atoms with van der Waals surface area (Å²) in [5, 5.41) is 2.82. The van der Waals surface area contributed by atoms with E-state index in [0.29, 0.717) is 17.1 Å². The first-order valence-electron chi connectivity index (χ1n) is 10.8. The Morgan fingerprint density at radius 2 is 1.58 bits per heavy atom. The number of benzene rings is 3. The number of ether oxygens (including phenoxy) is 1. The summed E-state index contributed by atoms with van der Waals surface area (Å²) in [7, 11) is -2.42. The van der Waals surface area contributed by atoms with E-state index in [1.54, 1.807) is 42.5 Å². The third kappa shape index (κ3) is 5.28. The van der Waals surface area contributed by atoms with Gasteiger partial charge in [0.15, 0.2) is 0 Å². The van der Waals surface area contributed by atoms with Crippen molar-refractivity contribution in [2.24, 2.45) is 0 Å². The van der Waals surface area contributed by atoms with Gasteiger partial charge in [0, 0.05) is 24.5 Å². The van der Waals surface area contributed by atoms with Gasteiger partial charge in [-0.05, 0) is 73.5 Å². The van der Waals surface area contributed by atoms with Gasteiger partial charge in [-0.25, -0.2) is 8.42 Å². The van der Waals surface area contributed by atoms with Crippen LogP contribution in [0.15, 0.2) is 83.8 Å². The lowest BCUT2D eigenvalue weighted by atomic mass is 10.2. The van der Waals surface area contributed by atoms with Gasteiger partial charge in [-0.3, -0.25) is 9.10 Å². The molecule has 0 spiro atoms. The molecule has 1 N–H and O–H groups in total. The molecule has 1 aliphatic heterocycles. The second kappa shape index (κ2) is 9.95. The van der Waals surface area contributed by atoms with Crippen LogP contribution in [-0.4, -0.2) is 41.1 Å². The van der Waals surface area contributed by atoms with E-state index in [1.165, 1.54) is 32.1 Å². The number of hydrogen-bond acceptors (Lipinski definition) is 5. The van der Waals surface area contributed by atoms with E-state index >= 15 is 0 Å². The number of nitrogens with one attached hydrogen (secondary N) is 1. The number of carbonyl (C=O) groups excluding carboxylic acids is 1. The maximum atomic E-state index is 13.4. The Hall–Kier alpha value is -3.52. The molecule has 0 atom stereocenters. The summed E-state index contributed by atoms with van der Waals surface area (Å²) in [6.45, 7) is 1.72. The zero-order valence-electron chi connectivity index (χ0n) is 18.5. The number of anilines is 3. The van der Waals surface area contributed by atoms with E-state index in [-0.39, 0.29) is 11.4 Å². The number of carbonyl (C=O) groups is 1. The predicted octanol–water partition coefficient (Wildman–Crippen LogP) is 4.13. The second-order valence-electron chi connectivity index (χ2n) is 7.81. The summed E-state index contributed by atoms with van der Waals surface area (Å²) in [4.78, 5) is 15.3. The van der Waals surface area contributed by atoms with Crippen LogP contribution in [0.1, 0.15) is 12.8 Å². The molecule has 1 fully saturated rings. The highest BCUT2D eigenvalue weighted by atomic mass is 32.2. The zero-order chi connectivity index (χ0) is 23.3. The Kier molecular flexibility index (Phi) is 6.84. The minimum atomic E-state index is -3.95. The van der Waals surface area contributed by atoms with Crippen LogP contribution in [0.2, 0.25) is 0 Å². The summed E-state index contributed by atoms with van der Waals surface area (Å²) < 4.78 is 33.0. The molecular formula is C25H27N3O4S. The standard InChI is InChI=1S/C25H27N3O4S/c1-32-23-15-13-22(14-16-23)28(33(30,31)24-7-3-2-4-8-24)19-25(29)26-20-9-11-21(12-10-20)27-17-5-6-18-27/h2-4,7-16H,5-6,17-19H2,1H3,(H,26,29). The van der Waals surface area contributed by atoms with Gasteiger partial charge in [0.1, 0.15) is 12.3 Å². The summed E-state index contributed by atoms with van der Waals surface area (Å²) in [6, 6.07) is 22.3. The normalized spacial score (nSPS) is 13.5. The Balaban J connectivity index is 1.54. The Bertz CT molecular complexity index is 1170. The summed E-state index contributed by atoms with van der Waals surface area (Å²) in [5.41, 5.74) is 2.12. The van der Waals surface area contributed by atoms with Crippen LogP contribution in [0.3, 0.4) is 0 Å². The predicted molar refractivity (Wildman–Crippen MR) is 130 cm³/mol. The number of amides is 1. The Morgan fingerprint density at radius 3 is 2.18 bits per heavy atom. The Morgan fingerprint density at radius 1 is 0.939 bits per heavy atom. The average Bonchev–Trinajstić information content (AvgIpc) is 3.39. The maximum Gasteiger partial charge on any atom is 0.264 e. The van der Waals surface area contributed by atoms with E-state index in [4.69, 9.17) is 4.74 Å². The number of hydrogen-bond donors (Lipinski definition) is 1. The highest BCUT2D eigenvalue weighted by molar-refractivity contribution is 7.92. The molecule has 172 valence electrons. The van der Waals surface area contributed by atoms with Crippen molar-refractivity contribution in [3.05, 3.63) is 78.9 Å². The van der Waals surface area contributed by atoms with Gasteiger partial charge in [-0.2, -0.15) is 0 Å². The van der Waals surface area contributed by atoms with Crippen molar-refractivity contribution in [1.29, 1.82) is 0 Å². The fourth-order valence-electron chi connectivity index (χ4n) is 3.85. The minimum Gasteiger partial charge on any atom is -0.497 e. The van der Waals surface area contributed by atoms with Crippen molar-refractivity contribution in [3.8, 4) is 5.75 Å². The quantitative estimate of drug-likeness (QED) is 0.541. The van der Waals surface area contributed by atoms with Gasteiger partial charge in [-0.15, -0.1) is 0 Å². The molecule has 0 saturated carbocycles. The van der Waals surface area contributed by atoms with E-state index in [2.05, 4.69) is 10.2 Å². The van der Waals surface area contributed by atoms with Gasteiger partial charge in [0.2, 0.25) is 5.91 Å². The first-order chi connectivity index (χ1) is 16.0. The molecule has 1 saturated heterocycles. The highest BCUT2D eigenvalue weighted by Crippen LogP contribution is 2.26. The zero-order valence-corrected chi connectivity index (χ0v) is 19.3. The fraction of sp³-hybridized carbons (Fsp3) is 0.240. The molecule has 0 unspecified atom stereocenters. The summed E-state index contributed by atoms with van der Waals surface area (Å²) in [5.74, 6) is 0.164. The molecule has 3 aromatic carbocycles. The molecule has 1 amide bonds. The van der Waals surface area contributed by atoms with Crippen LogP contribution in [0.5, 0.6) is 5.75 Å². The molecule has 8 heteroatoms. The van der Waals surface area contributed by atoms with Crippen LogP contribution in [0, 0.1) is 0 Å². The second-order valence-corrected chi connectivity index (χ2v) is 9.67. The fourth-order valence-corrected chi connectivity index (χ4v) is 5.29. The highest BCUT2D eigenvalue weighted by Gasteiger charge is 2.27. The molecule has 7 nitrogen and oxygen atoms in total. The molecule has 0 aromatic heterocycles. The first kappa shape index (κ1) is 22.7. The van der Waals surface area contributed by atoms with Gasteiger partial charge >= 0.3 is 0 Å². The van der Waals surface area contributed by atoms with Crippen LogP contribution in [0.4, 0.5) is 17.1 Å². The van der Waals surface area contributed by atoms with E-state index in [1.807, 2.05) is 24.3 Å². The molecule has 0 bridgehead atoms. The van der Waals surface area contributed by atoms with Crippen molar-refractivity contribution in [1.82, 2.24) is 0 Å². The van der Waals surface area contributed by atoms with Gasteiger partial charge in [0.05, 0.1) is 17.7 Å². The van der Waals surface area contributed by atoms with Gasteiger partial charge in [0.25, 0.3) is 10.0 Å². The molecule has 33 heavy (non-hydrogen) atoms. The van der Waals surface area contributed by atoms with Crippen LogP contribution >= 0.6 is 0 Å². The number of nitrogens with zero attached hydrogens (tertiary/aromatic N) is 2. The molecule has 1 aliphatic rings. The molecule has 0 aliphatic carbocycles.